The number of nitrogens with one attached hydrogen (secondary N) is 1. The lowest BCUT2D eigenvalue weighted by molar-refractivity contribution is 0.640. The number of benzene rings is 1. The minimum atomic E-state index is 0.320. The van der Waals surface area contributed by atoms with E-state index in [4.69, 9.17) is 0 Å². The molecule has 5 heteroatoms. The topological polar surface area (TPSA) is 29.9 Å². The molecule has 0 fully saturated rings. The van der Waals surface area contributed by atoms with Gasteiger partial charge in [-0.1, -0.05) is 33.8 Å². The van der Waals surface area contributed by atoms with Gasteiger partial charge >= 0.3 is 0 Å². The van der Waals surface area contributed by atoms with Gasteiger partial charge in [0.25, 0.3) is 0 Å². The van der Waals surface area contributed by atoms with Crippen LogP contribution in [-0.4, -0.2) is 16.6 Å². The Morgan fingerprint density at radius 3 is 2.83 bits per heavy atom. The summed E-state index contributed by atoms with van der Waals surface area (Å²) in [6.45, 7) is 2.16. The predicted molar refractivity (Wildman–Crippen MR) is 78.9 cm³/mol. The van der Waals surface area contributed by atoms with Crippen LogP contribution in [0.25, 0.3) is 0 Å². The van der Waals surface area contributed by atoms with Gasteiger partial charge in [-0.05, 0) is 31.7 Å². The first kappa shape index (κ1) is 13.6. The monoisotopic (exact) mass is 325 g/mol. The van der Waals surface area contributed by atoms with Crippen LogP contribution in [0.4, 0.5) is 0 Å². The summed E-state index contributed by atoms with van der Waals surface area (Å²) in [4.78, 5) is 5.58. The summed E-state index contributed by atoms with van der Waals surface area (Å²) in [6.07, 6.45) is 3.78. The smallest absolute Gasteiger partial charge is 0.172 e. The Morgan fingerprint density at radius 1 is 1.44 bits per heavy atom. The SMILES string of the molecule is CNC(C)c1ccc(Br)cc1Sc1nccn1C. The maximum atomic E-state index is 4.36. The molecule has 1 unspecified atom stereocenters. The van der Waals surface area contributed by atoms with Gasteiger partial charge in [-0.25, -0.2) is 4.98 Å². The van der Waals surface area contributed by atoms with Crippen LogP contribution in [0.1, 0.15) is 18.5 Å². The van der Waals surface area contributed by atoms with Crippen LogP contribution in [0.3, 0.4) is 0 Å². The van der Waals surface area contributed by atoms with Crippen LogP contribution in [0.2, 0.25) is 0 Å². The molecule has 1 aromatic carbocycles. The van der Waals surface area contributed by atoms with Gasteiger partial charge in [-0.15, -0.1) is 0 Å². The van der Waals surface area contributed by atoms with Crippen molar-refractivity contribution in [2.45, 2.75) is 23.0 Å². The molecule has 18 heavy (non-hydrogen) atoms. The van der Waals surface area contributed by atoms with Crippen molar-refractivity contribution in [3.8, 4) is 0 Å². The van der Waals surface area contributed by atoms with E-state index in [0.29, 0.717) is 6.04 Å². The van der Waals surface area contributed by atoms with Crippen LogP contribution < -0.4 is 5.32 Å². The normalized spacial score (nSPS) is 12.7. The molecule has 1 atom stereocenters. The van der Waals surface area contributed by atoms with Crippen molar-refractivity contribution >= 4 is 27.7 Å². The van der Waals surface area contributed by atoms with Gasteiger partial charge in [0.1, 0.15) is 0 Å². The van der Waals surface area contributed by atoms with Gasteiger partial charge in [-0.2, -0.15) is 0 Å². The number of hydrogen-bond donors (Lipinski definition) is 1. The van der Waals surface area contributed by atoms with Crippen molar-refractivity contribution in [3.05, 3.63) is 40.6 Å². The van der Waals surface area contributed by atoms with E-state index in [1.807, 2.05) is 31.1 Å². The lowest BCUT2D eigenvalue weighted by Gasteiger charge is -2.15. The number of nitrogens with zero attached hydrogens (tertiary/aromatic N) is 2. The molecule has 0 spiro atoms. The number of aromatic nitrogens is 2. The molecule has 0 saturated carbocycles. The molecule has 0 saturated heterocycles. The summed E-state index contributed by atoms with van der Waals surface area (Å²) < 4.78 is 3.12. The fourth-order valence-electron chi connectivity index (χ4n) is 1.66. The van der Waals surface area contributed by atoms with Gasteiger partial charge < -0.3 is 9.88 Å². The van der Waals surface area contributed by atoms with Crippen molar-refractivity contribution in [1.82, 2.24) is 14.9 Å². The van der Waals surface area contributed by atoms with E-state index in [0.717, 1.165) is 9.63 Å². The molecule has 1 N–H and O–H groups in total. The van der Waals surface area contributed by atoms with Crippen molar-refractivity contribution in [1.29, 1.82) is 0 Å². The van der Waals surface area contributed by atoms with Gasteiger partial charge in [0.05, 0.1) is 0 Å². The highest BCUT2D eigenvalue weighted by atomic mass is 79.9. The highest BCUT2D eigenvalue weighted by Crippen LogP contribution is 2.34. The van der Waals surface area contributed by atoms with Crippen molar-refractivity contribution in [2.75, 3.05) is 7.05 Å². The van der Waals surface area contributed by atoms with Crippen LogP contribution in [0.5, 0.6) is 0 Å². The summed E-state index contributed by atoms with van der Waals surface area (Å²) in [5.74, 6) is 0. The van der Waals surface area contributed by atoms with Crippen molar-refractivity contribution in [3.63, 3.8) is 0 Å². The third-order valence-corrected chi connectivity index (χ3v) is 4.50. The fourth-order valence-corrected chi connectivity index (χ4v) is 3.23. The molecule has 3 nitrogen and oxygen atoms in total. The van der Waals surface area contributed by atoms with E-state index in [1.54, 1.807) is 11.8 Å². The van der Waals surface area contributed by atoms with Crippen LogP contribution in [-0.2, 0) is 7.05 Å². The van der Waals surface area contributed by atoms with Crippen molar-refractivity contribution in [2.24, 2.45) is 7.05 Å². The van der Waals surface area contributed by atoms with E-state index in [9.17, 15) is 0 Å². The lowest BCUT2D eigenvalue weighted by atomic mass is 10.1. The van der Waals surface area contributed by atoms with Crippen LogP contribution in [0, 0.1) is 0 Å². The highest BCUT2D eigenvalue weighted by molar-refractivity contribution is 9.10. The summed E-state index contributed by atoms with van der Waals surface area (Å²) in [5.41, 5.74) is 1.29. The third kappa shape index (κ3) is 2.96. The van der Waals surface area contributed by atoms with Crippen molar-refractivity contribution < 1.29 is 0 Å². The van der Waals surface area contributed by atoms with E-state index >= 15 is 0 Å². The Kier molecular flexibility index (Phi) is 4.48. The number of hydrogen-bond acceptors (Lipinski definition) is 3. The summed E-state index contributed by atoms with van der Waals surface area (Å²) >= 11 is 5.22. The zero-order valence-electron chi connectivity index (χ0n) is 10.6. The third-order valence-electron chi connectivity index (χ3n) is 2.85. The minimum absolute atomic E-state index is 0.320. The molecule has 0 bridgehead atoms. The maximum absolute atomic E-state index is 4.36. The number of rotatable bonds is 4. The molecule has 0 aliphatic rings. The average molecular weight is 326 g/mol. The molecule has 0 radical (unpaired) electrons. The zero-order valence-corrected chi connectivity index (χ0v) is 13.0. The second-order valence-corrected chi connectivity index (χ2v) is 6.04. The molecule has 0 aliphatic heterocycles. The van der Waals surface area contributed by atoms with E-state index in [2.05, 4.69) is 51.4 Å². The first-order valence-corrected chi connectivity index (χ1v) is 7.34. The fraction of sp³-hybridized carbons (Fsp3) is 0.308. The summed E-state index contributed by atoms with van der Waals surface area (Å²) in [7, 11) is 3.98. The zero-order chi connectivity index (χ0) is 13.1. The standard InChI is InChI=1S/C13H16BrN3S/c1-9(15-2)11-5-4-10(14)8-12(11)18-13-16-6-7-17(13)3/h4-9,15H,1-3H3. The number of aryl methyl sites for hydroxylation is 1. The van der Waals surface area contributed by atoms with E-state index < -0.39 is 0 Å². The molecule has 1 aromatic heterocycles. The quantitative estimate of drug-likeness (QED) is 0.931. The minimum Gasteiger partial charge on any atom is -0.329 e. The second kappa shape index (κ2) is 5.91. The Bertz CT molecular complexity index is 539. The first-order chi connectivity index (χ1) is 8.61. The van der Waals surface area contributed by atoms with Gasteiger partial charge in [0, 0.05) is 34.9 Å². The Hall–Kier alpha value is -0.780. The molecule has 2 aromatic rings. The van der Waals surface area contributed by atoms with E-state index in [1.165, 1.54) is 10.5 Å². The summed E-state index contributed by atoms with van der Waals surface area (Å²) in [6, 6.07) is 6.69. The van der Waals surface area contributed by atoms with Gasteiger partial charge in [0.15, 0.2) is 5.16 Å². The maximum Gasteiger partial charge on any atom is 0.172 e. The first-order valence-electron chi connectivity index (χ1n) is 5.73. The van der Waals surface area contributed by atoms with E-state index in [-0.39, 0.29) is 0 Å². The molecule has 2 rings (SSSR count). The molecule has 0 amide bonds. The van der Waals surface area contributed by atoms with Gasteiger partial charge in [-0.3, -0.25) is 0 Å². The Morgan fingerprint density at radius 2 is 2.22 bits per heavy atom. The summed E-state index contributed by atoms with van der Waals surface area (Å²) in [5, 5.41) is 4.28. The molecule has 0 aliphatic carbocycles. The highest BCUT2D eigenvalue weighted by Gasteiger charge is 2.12. The van der Waals surface area contributed by atoms with Crippen LogP contribution in [0.15, 0.2) is 45.1 Å². The number of imidazole rings is 1. The largest absolute Gasteiger partial charge is 0.329 e. The molecule has 96 valence electrons. The number of halogens is 1. The predicted octanol–water partition coefficient (Wildman–Crippen LogP) is 3.61. The van der Waals surface area contributed by atoms with Gasteiger partial charge in [0.2, 0.25) is 0 Å². The molecule has 1 heterocycles. The lowest BCUT2D eigenvalue weighted by Crippen LogP contribution is -2.13. The van der Waals surface area contributed by atoms with Crippen LogP contribution >= 0.6 is 27.7 Å². The Labute approximate surface area is 120 Å². The molecular formula is C13H16BrN3S. The Balaban J connectivity index is 2.36. The second-order valence-electron chi connectivity index (χ2n) is 4.12. The molecular weight excluding hydrogens is 310 g/mol. The average Bonchev–Trinajstić information content (AvgIpc) is 2.74.